The van der Waals surface area contributed by atoms with Crippen LogP contribution in [-0.4, -0.2) is 23.0 Å². The van der Waals surface area contributed by atoms with Crippen LogP contribution in [0.1, 0.15) is 27.3 Å². The Balaban J connectivity index is 2.30. The van der Waals surface area contributed by atoms with Crippen molar-refractivity contribution in [3.05, 3.63) is 46.8 Å². The fourth-order valence-electron chi connectivity index (χ4n) is 1.98. The van der Waals surface area contributed by atoms with Crippen LogP contribution in [0.2, 0.25) is 0 Å². The van der Waals surface area contributed by atoms with Crippen LogP contribution in [-0.2, 0) is 6.18 Å². The summed E-state index contributed by atoms with van der Waals surface area (Å²) in [5.41, 5.74) is 0.261. The largest absolute Gasteiger partial charge is 0.467 e. The average molecular weight is 325 g/mol. The highest BCUT2D eigenvalue weighted by Crippen LogP contribution is 2.30. The first-order chi connectivity index (χ1) is 10.7. The van der Waals surface area contributed by atoms with Crippen molar-refractivity contribution in [2.24, 2.45) is 0 Å². The van der Waals surface area contributed by atoms with Gasteiger partial charge in [0.05, 0.1) is 29.7 Å². The van der Waals surface area contributed by atoms with E-state index in [4.69, 9.17) is 4.74 Å². The fraction of sp³-hybridized carbons (Fsp3) is 0.267. The normalized spacial score (nSPS) is 11.2. The van der Waals surface area contributed by atoms with Crippen molar-refractivity contribution in [3.63, 3.8) is 0 Å². The first-order valence-corrected chi connectivity index (χ1v) is 6.60. The second kappa shape index (κ2) is 6.23. The van der Waals surface area contributed by atoms with Crippen molar-refractivity contribution in [2.45, 2.75) is 20.0 Å². The molecule has 0 fully saturated rings. The molecule has 0 unspecified atom stereocenters. The third-order valence-corrected chi connectivity index (χ3v) is 3.12. The number of ether oxygens (including phenoxy) is 1. The summed E-state index contributed by atoms with van der Waals surface area (Å²) in [6.07, 6.45) is -4.51. The van der Waals surface area contributed by atoms with E-state index in [9.17, 15) is 18.0 Å². The van der Waals surface area contributed by atoms with Gasteiger partial charge in [0.1, 0.15) is 0 Å². The lowest BCUT2D eigenvalue weighted by Crippen LogP contribution is -2.16. The lowest BCUT2D eigenvalue weighted by Gasteiger charge is -2.12. The van der Waals surface area contributed by atoms with Crippen molar-refractivity contribution in [1.82, 2.24) is 9.97 Å². The number of nitrogens with zero attached hydrogens (tertiary/aromatic N) is 2. The van der Waals surface area contributed by atoms with Gasteiger partial charge >= 0.3 is 12.2 Å². The Morgan fingerprint density at radius 1 is 1.17 bits per heavy atom. The molecule has 0 saturated heterocycles. The first kappa shape index (κ1) is 16.7. The van der Waals surface area contributed by atoms with Crippen LogP contribution in [0.15, 0.2) is 24.3 Å². The summed E-state index contributed by atoms with van der Waals surface area (Å²) in [5.74, 6) is -0.670. The van der Waals surface area contributed by atoms with Gasteiger partial charge in [0.15, 0.2) is 0 Å². The van der Waals surface area contributed by atoms with E-state index in [1.54, 1.807) is 13.8 Å². The maximum absolute atomic E-state index is 12.7. The molecule has 1 amide bonds. The molecule has 0 saturated carbocycles. The van der Waals surface area contributed by atoms with Crippen molar-refractivity contribution in [2.75, 3.05) is 12.4 Å². The number of halogens is 3. The van der Waals surface area contributed by atoms with Crippen LogP contribution >= 0.6 is 0 Å². The Morgan fingerprint density at radius 2 is 1.78 bits per heavy atom. The Morgan fingerprint density at radius 3 is 2.30 bits per heavy atom. The summed E-state index contributed by atoms with van der Waals surface area (Å²) in [6, 6.07) is 4.34. The number of benzene rings is 1. The molecular weight excluding hydrogens is 311 g/mol. The van der Waals surface area contributed by atoms with Crippen LogP contribution < -0.4 is 10.1 Å². The third-order valence-electron chi connectivity index (χ3n) is 3.12. The molecule has 1 aromatic heterocycles. The lowest BCUT2D eigenvalue weighted by atomic mass is 10.1. The summed E-state index contributed by atoms with van der Waals surface area (Å²) >= 11 is 0. The molecule has 0 aliphatic heterocycles. The van der Waals surface area contributed by atoms with Gasteiger partial charge in [-0.05, 0) is 32.0 Å². The third kappa shape index (κ3) is 3.77. The minimum Gasteiger partial charge on any atom is -0.467 e. The van der Waals surface area contributed by atoms with E-state index in [1.165, 1.54) is 19.2 Å². The maximum Gasteiger partial charge on any atom is 0.416 e. The Kier molecular flexibility index (Phi) is 4.53. The molecule has 1 N–H and O–H groups in total. The van der Waals surface area contributed by atoms with E-state index in [1.807, 2.05) is 0 Å². The molecule has 5 nitrogen and oxygen atoms in total. The van der Waals surface area contributed by atoms with Gasteiger partial charge in [0.25, 0.3) is 5.91 Å². The van der Waals surface area contributed by atoms with E-state index in [-0.39, 0.29) is 11.6 Å². The number of rotatable bonds is 3. The standard InChI is InChI=1S/C15H14F3N3O2/c1-8-12(9(2)20-14(19-8)23-3)21-13(22)10-5-4-6-11(7-10)15(16,17)18/h4-7H,1-3H3,(H,21,22). The SMILES string of the molecule is COc1nc(C)c(NC(=O)c2cccc(C(F)(F)F)c2)c(C)n1. The summed E-state index contributed by atoms with van der Waals surface area (Å²) in [7, 11) is 1.41. The number of anilines is 1. The second-order valence-corrected chi connectivity index (χ2v) is 4.79. The number of aromatic nitrogens is 2. The fourth-order valence-corrected chi connectivity index (χ4v) is 1.98. The summed E-state index contributed by atoms with van der Waals surface area (Å²) < 4.78 is 43.0. The number of hydrogen-bond acceptors (Lipinski definition) is 4. The van der Waals surface area contributed by atoms with Gasteiger partial charge in [-0.3, -0.25) is 4.79 Å². The van der Waals surface area contributed by atoms with Crippen molar-refractivity contribution in [3.8, 4) is 6.01 Å². The summed E-state index contributed by atoms with van der Waals surface area (Å²) in [4.78, 5) is 20.2. The molecule has 23 heavy (non-hydrogen) atoms. The molecule has 1 heterocycles. The number of nitrogens with one attached hydrogen (secondary N) is 1. The van der Waals surface area contributed by atoms with Crippen LogP contribution in [0.3, 0.4) is 0 Å². The molecule has 0 spiro atoms. The van der Waals surface area contributed by atoms with Gasteiger partial charge in [-0.25, -0.2) is 0 Å². The van der Waals surface area contributed by atoms with Gasteiger partial charge in [-0.2, -0.15) is 23.1 Å². The van der Waals surface area contributed by atoms with E-state index in [0.717, 1.165) is 12.1 Å². The molecule has 0 atom stereocenters. The minimum absolute atomic E-state index is 0.102. The van der Waals surface area contributed by atoms with Crippen molar-refractivity contribution >= 4 is 11.6 Å². The molecular formula is C15H14F3N3O2. The number of hydrogen-bond donors (Lipinski definition) is 1. The van der Waals surface area contributed by atoms with E-state index >= 15 is 0 Å². The highest BCUT2D eigenvalue weighted by molar-refractivity contribution is 6.04. The molecule has 8 heteroatoms. The van der Waals surface area contributed by atoms with E-state index in [2.05, 4.69) is 15.3 Å². The number of carbonyl (C=O) groups excluding carboxylic acids is 1. The van der Waals surface area contributed by atoms with Crippen LogP contribution in [0.4, 0.5) is 18.9 Å². The topological polar surface area (TPSA) is 64.1 Å². The zero-order valence-electron chi connectivity index (χ0n) is 12.7. The van der Waals surface area contributed by atoms with Crippen LogP contribution in [0.25, 0.3) is 0 Å². The second-order valence-electron chi connectivity index (χ2n) is 4.79. The first-order valence-electron chi connectivity index (χ1n) is 6.60. The molecule has 0 radical (unpaired) electrons. The lowest BCUT2D eigenvalue weighted by molar-refractivity contribution is -0.137. The van der Waals surface area contributed by atoms with Crippen molar-refractivity contribution in [1.29, 1.82) is 0 Å². The van der Waals surface area contributed by atoms with Gasteiger partial charge < -0.3 is 10.1 Å². The average Bonchev–Trinajstić information content (AvgIpc) is 2.49. The predicted molar refractivity (Wildman–Crippen MR) is 77.5 cm³/mol. The van der Waals surface area contributed by atoms with E-state index < -0.39 is 17.6 Å². The van der Waals surface area contributed by atoms with Crippen LogP contribution in [0.5, 0.6) is 6.01 Å². The smallest absolute Gasteiger partial charge is 0.416 e. The molecule has 2 rings (SSSR count). The minimum atomic E-state index is -4.51. The summed E-state index contributed by atoms with van der Waals surface area (Å²) in [5, 5.41) is 2.54. The zero-order valence-corrected chi connectivity index (χ0v) is 12.7. The number of alkyl halides is 3. The highest BCUT2D eigenvalue weighted by Gasteiger charge is 2.31. The number of carbonyl (C=O) groups is 1. The maximum atomic E-state index is 12.7. The molecule has 2 aromatic rings. The van der Waals surface area contributed by atoms with Gasteiger partial charge in [0.2, 0.25) is 0 Å². The quantitative estimate of drug-likeness (QED) is 0.940. The Bertz CT molecular complexity index is 722. The van der Waals surface area contributed by atoms with Gasteiger partial charge in [-0.1, -0.05) is 6.07 Å². The molecule has 0 aliphatic carbocycles. The summed E-state index contributed by atoms with van der Waals surface area (Å²) in [6.45, 7) is 3.28. The number of aryl methyl sites for hydroxylation is 2. The number of methoxy groups -OCH3 is 1. The molecule has 0 aliphatic rings. The Hall–Kier alpha value is -2.64. The van der Waals surface area contributed by atoms with Crippen LogP contribution in [0, 0.1) is 13.8 Å². The van der Waals surface area contributed by atoms with Gasteiger partial charge in [-0.15, -0.1) is 0 Å². The monoisotopic (exact) mass is 325 g/mol. The van der Waals surface area contributed by atoms with Gasteiger partial charge in [0, 0.05) is 5.56 Å². The number of amides is 1. The van der Waals surface area contributed by atoms with Crippen molar-refractivity contribution < 1.29 is 22.7 Å². The predicted octanol–water partition coefficient (Wildman–Crippen LogP) is 3.37. The molecule has 1 aromatic carbocycles. The Labute approximate surface area is 130 Å². The highest BCUT2D eigenvalue weighted by atomic mass is 19.4. The van der Waals surface area contributed by atoms with E-state index in [0.29, 0.717) is 17.1 Å². The zero-order chi connectivity index (χ0) is 17.2. The molecule has 122 valence electrons. The molecule has 0 bridgehead atoms.